The topological polar surface area (TPSA) is 66.9 Å². The monoisotopic (exact) mass is 324 g/mol. The minimum atomic E-state index is -0.180. The molecule has 1 saturated carbocycles. The molecule has 1 aliphatic carbocycles. The lowest BCUT2D eigenvalue weighted by molar-refractivity contribution is 0.0934. The number of anilines is 1. The molecule has 2 N–H and O–H groups in total. The molecule has 5 heteroatoms. The number of rotatable bonds is 5. The molecule has 0 spiro atoms. The Kier molecular flexibility index (Phi) is 5.41. The maximum Gasteiger partial charge on any atom is 0.270 e. The van der Waals surface area contributed by atoms with Crippen LogP contribution in [0.15, 0.2) is 42.6 Å². The van der Waals surface area contributed by atoms with Crippen LogP contribution in [0.2, 0.25) is 0 Å². The van der Waals surface area contributed by atoms with E-state index >= 15 is 0 Å². The average Bonchev–Trinajstić information content (AvgIpc) is 2.63. The third-order valence-electron chi connectivity index (χ3n) is 4.47. The molecule has 0 bridgehead atoms. The molecule has 1 aromatic carbocycles. The normalized spacial score (nSPS) is 16.4. The lowest BCUT2D eigenvalue weighted by Gasteiger charge is -2.22. The van der Waals surface area contributed by atoms with Gasteiger partial charge in [0.25, 0.3) is 5.91 Å². The first kappa shape index (κ1) is 16.4. The summed E-state index contributed by atoms with van der Waals surface area (Å²) in [6.07, 6.45) is 7.72. The van der Waals surface area contributed by atoms with Crippen LogP contribution in [0.1, 0.15) is 61.1 Å². The Hall–Kier alpha value is -2.43. The Balaban J connectivity index is 1.63. The van der Waals surface area contributed by atoms with Gasteiger partial charge in [0.1, 0.15) is 5.69 Å². The molecule has 0 aliphatic heterocycles. The SMILES string of the molecule is CC(NC(=O)c1ccnc(NC2CCCCC2)n1)c1ccccc1. The fraction of sp³-hybridized carbons (Fsp3) is 0.421. The molecule has 1 atom stereocenters. The second kappa shape index (κ2) is 7.90. The first-order chi connectivity index (χ1) is 11.7. The smallest absolute Gasteiger partial charge is 0.270 e. The van der Waals surface area contributed by atoms with Gasteiger partial charge in [-0.15, -0.1) is 0 Å². The van der Waals surface area contributed by atoms with Crippen LogP contribution in [0, 0.1) is 0 Å². The lowest BCUT2D eigenvalue weighted by Crippen LogP contribution is -2.28. The summed E-state index contributed by atoms with van der Waals surface area (Å²) in [6.45, 7) is 1.97. The number of nitrogens with zero attached hydrogens (tertiary/aromatic N) is 2. The number of carbonyl (C=O) groups is 1. The highest BCUT2D eigenvalue weighted by Crippen LogP contribution is 2.20. The summed E-state index contributed by atoms with van der Waals surface area (Å²) in [6, 6.07) is 11.9. The fourth-order valence-electron chi connectivity index (χ4n) is 3.08. The van der Waals surface area contributed by atoms with Crippen molar-refractivity contribution < 1.29 is 4.79 Å². The minimum absolute atomic E-state index is 0.0663. The summed E-state index contributed by atoms with van der Waals surface area (Å²) in [4.78, 5) is 21.1. The van der Waals surface area contributed by atoms with Gasteiger partial charge in [-0.1, -0.05) is 49.6 Å². The lowest BCUT2D eigenvalue weighted by atomic mass is 9.96. The van der Waals surface area contributed by atoms with Crippen LogP contribution in [-0.4, -0.2) is 21.9 Å². The van der Waals surface area contributed by atoms with Gasteiger partial charge >= 0.3 is 0 Å². The van der Waals surface area contributed by atoms with E-state index in [0.717, 1.165) is 18.4 Å². The molecule has 1 aliphatic rings. The quantitative estimate of drug-likeness (QED) is 0.880. The number of benzene rings is 1. The Morgan fingerprint density at radius 2 is 1.88 bits per heavy atom. The van der Waals surface area contributed by atoms with Crippen molar-refractivity contribution in [3.05, 3.63) is 53.9 Å². The average molecular weight is 324 g/mol. The van der Waals surface area contributed by atoms with Crippen LogP contribution in [0.4, 0.5) is 5.95 Å². The molecule has 126 valence electrons. The summed E-state index contributed by atoms with van der Waals surface area (Å²) in [7, 11) is 0. The number of nitrogens with one attached hydrogen (secondary N) is 2. The number of carbonyl (C=O) groups excluding carboxylic acids is 1. The maximum absolute atomic E-state index is 12.4. The highest BCUT2D eigenvalue weighted by atomic mass is 16.1. The molecule has 1 heterocycles. The van der Waals surface area contributed by atoms with Gasteiger partial charge < -0.3 is 10.6 Å². The van der Waals surface area contributed by atoms with Crippen LogP contribution in [0.5, 0.6) is 0 Å². The maximum atomic E-state index is 12.4. The largest absolute Gasteiger partial charge is 0.351 e. The molecule has 1 aromatic heterocycles. The van der Waals surface area contributed by atoms with Crippen LogP contribution in [0.3, 0.4) is 0 Å². The van der Waals surface area contributed by atoms with E-state index in [1.807, 2.05) is 37.3 Å². The van der Waals surface area contributed by atoms with E-state index in [9.17, 15) is 4.79 Å². The van der Waals surface area contributed by atoms with Gasteiger partial charge in [0.2, 0.25) is 5.95 Å². The van der Waals surface area contributed by atoms with Crippen LogP contribution < -0.4 is 10.6 Å². The van der Waals surface area contributed by atoms with E-state index in [0.29, 0.717) is 17.7 Å². The Morgan fingerprint density at radius 1 is 1.12 bits per heavy atom. The molecule has 5 nitrogen and oxygen atoms in total. The molecule has 24 heavy (non-hydrogen) atoms. The zero-order valence-electron chi connectivity index (χ0n) is 14.0. The van der Waals surface area contributed by atoms with Gasteiger partial charge in [0.15, 0.2) is 0 Å². The number of amides is 1. The van der Waals surface area contributed by atoms with Crippen molar-refractivity contribution >= 4 is 11.9 Å². The number of hydrogen-bond acceptors (Lipinski definition) is 4. The van der Waals surface area contributed by atoms with Gasteiger partial charge in [-0.25, -0.2) is 9.97 Å². The third-order valence-corrected chi connectivity index (χ3v) is 4.47. The van der Waals surface area contributed by atoms with Crippen LogP contribution in [0.25, 0.3) is 0 Å². The van der Waals surface area contributed by atoms with E-state index in [1.165, 1.54) is 19.3 Å². The van der Waals surface area contributed by atoms with Crippen molar-refractivity contribution in [2.45, 2.75) is 51.1 Å². The predicted molar refractivity (Wildman–Crippen MR) is 94.9 cm³/mol. The molecule has 2 aromatic rings. The van der Waals surface area contributed by atoms with Gasteiger partial charge in [0.05, 0.1) is 6.04 Å². The van der Waals surface area contributed by atoms with Crippen molar-refractivity contribution in [2.24, 2.45) is 0 Å². The van der Waals surface area contributed by atoms with E-state index < -0.39 is 0 Å². The molecule has 3 rings (SSSR count). The summed E-state index contributed by atoms with van der Waals surface area (Å²) in [5.74, 6) is 0.363. The predicted octanol–water partition coefficient (Wildman–Crippen LogP) is 3.71. The zero-order chi connectivity index (χ0) is 16.8. The van der Waals surface area contributed by atoms with E-state index in [4.69, 9.17) is 0 Å². The highest BCUT2D eigenvalue weighted by Gasteiger charge is 2.16. The van der Waals surface area contributed by atoms with Crippen molar-refractivity contribution in [3.63, 3.8) is 0 Å². The van der Waals surface area contributed by atoms with Crippen molar-refractivity contribution in [1.29, 1.82) is 0 Å². The van der Waals surface area contributed by atoms with E-state index in [-0.39, 0.29) is 11.9 Å². The molecular formula is C19H24N4O. The van der Waals surface area contributed by atoms with Crippen molar-refractivity contribution in [2.75, 3.05) is 5.32 Å². The zero-order valence-corrected chi connectivity index (χ0v) is 14.0. The third kappa shape index (κ3) is 4.31. The van der Waals surface area contributed by atoms with Gasteiger partial charge in [-0.3, -0.25) is 4.79 Å². The number of hydrogen-bond donors (Lipinski definition) is 2. The minimum Gasteiger partial charge on any atom is -0.351 e. The second-order valence-corrected chi connectivity index (χ2v) is 6.35. The van der Waals surface area contributed by atoms with Gasteiger partial charge in [-0.2, -0.15) is 0 Å². The highest BCUT2D eigenvalue weighted by molar-refractivity contribution is 5.92. The summed E-state index contributed by atoms with van der Waals surface area (Å²) in [5, 5.41) is 6.35. The summed E-state index contributed by atoms with van der Waals surface area (Å²) < 4.78 is 0. The first-order valence-electron chi connectivity index (χ1n) is 8.68. The molecule has 1 unspecified atom stereocenters. The standard InChI is InChI=1S/C19H24N4O/c1-14(15-8-4-2-5-9-15)21-18(24)17-12-13-20-19(23-17)22-16-10-6-3-7-11-16/h2,4-5,8-9,12-14,16H,3,6-7,10-11H2,1H3,(H,21,24)(H,20,22,23). The molecule has 1 fully saturated rings. The molecular weight excluding hydrogens is 300 g/mol. The van der Waals surface area contributed by atoms with Crippen LogP contribution in [-0.2, 0) is 0 Å². The second-order valence-electron chi connectivity index (χ2n) is 6.35. The molecule has 0 saturated heterocycles. The van der Waals surface area contributed by atoms with Gasteiger partial charge in [-0.05, 0) is 31.4 Å². The Morgan fingerprint density at radius 3 is 2.62 bits per heavy atom. The number of aromatic nitrogens is 2. The van der Waals surface area contributed by atoms with E-state index in [1.54, 1.807) is 12.3 Å². The molecule has 0 radical (unpaired) electrons. The molecule has 1 amide bonds. The van der Waals surface area contributed by atoms with Gasteiger partial charge in [0, 0.05) is 12.2 Å². The summed E-state index contributed by atoms with van der Waals surface area (Å²) in [5.41, 5.74) is 1.46. The van der Waals surface area contributed by atoms with Crippen molar-refractivity contribution in [3.8, 4) is 0 Å². The summed E-state index contributed by atoms with van der Waals surface area (Å²) >= 11 is 0. The first-order valence-corrected chi connectivity index (χ1v) is 8.68. The van der Waals surface area contributed by atoms with Crippen molar-refractivity contribution in [1.82, 2.24) is 15.3 Å². The Bertz CT molecular complexity index is 668. The fourth-order valence-corrected chi connectivity index (χ4v) is 3.08. The van der Waals surface area contributed by atoms with Crippen LogP contribution >= 0.6 is 0 Å². The Labute approximate surface area is 142 Å². The van der Waals surface area contributed by atoms with E-state index in [2.05, 4.69) is 20.6 Å².